The molecule has 0 radical (unpaired) electrons. The van der Waals surface area contributed by atoms with Gasteiger partial charge in [-0.3, -0.25) is 4.79 Å². The lowest BCUT2D eigenvalue weighted by atomic mass is 9.92. The van der Waals surface area contributed by atoms with Gasteiger partial charge in [0.1, 0.15) is 5.75 Å². The highest BCUT2D eigenvalue weighted by molar-refractivity contribution is 5.86. The van der Waals surface area contributed by atoms with Crippen LogP contribution in [0.3, 0.4) is 0 Å². The maximum atomic E-state index is 11.5. The van der Waals surface area contributed by atoms with Crippen molar-refractivity contribution in [3.05, 3.63) is 28.8 Å². The zero-order chi connectivity index (χ0) is 13.5. The van der Waals surface area contributed by atoms with E-state index in [2.05, 4.69) is 0 Å². The van der Waals surface area contributed by atoms with Gasteiger partial charge in [-0.2, -0.15) is 0 Å². The number of hydrogen-bond acceptors (Lipinski definition) is 2. The second kappa shape index (κ2) is 4.30. The Morgan fingerprint density at radius 3 is 2.28 bits per heavy atom. The number of carboxylic acids is 1. The first-order valence-corrected chi connectivity index (χ1v) is 6.38. The van der Waals surface area contributed by atoms with E-state index in [4.69, 9.17) is 4.74 Å². The van der Waals surface area contributed by atoms with Gasteiger partial charge in [0, 0.05) is 5.56 Å². The molecule has 0 spiro atoms. The molecule has 1 saturated carbocycles. The van der Waals surface area contributed by atoms with E-state index >= 15 is 0 Å². The molecule has 3 nitrogen and oxygen atoms in total. The molecular formula is C15H20O3. The summed E-state index contributed by atoms with van der Waals surface area (Å²) in [5.74, 6) is -0.00707. The molecule has 0 aliphatic heterocycles. The summed E-state index contributed by atoms with van der Waals surface area (Å²) in [4.78, 5) is 11.5. The van der Waals surface area contributed by atoms with Crippen molar-refractivity contribution in [3.8, 4) is 5.75 Å². The summed E-state index contributed by atoms with van der Waals surface area (Å²) < 4.78 is 5.79. The van der Waals surface area contributed by atoms with Crippen LogP contribution < -0.4 is 4.74 Å². The number of aryl methyl sites for hydroxylation is 2. The standard InChI is InChI=1S/C15H20O3/c1-9(2)18-13-8-11(4)10(3)7-12(13)15(5-6-15)14(16)17/h7-9H,5-6H2,1-4H3,(H,16,17). The predicted molar refractivity (Wildman–Crippen MR) is 70.2 cm³/mol. The molecule has 1 aromatic rings. The molecule has 0 atom stereocenters. The number of carbonyl (C=O) groups is 1. The second-order valence-corrected chi connectivity index (χ2v) is 5.49. The second-order valence-electron chi connectivity index (χ2n) is 5.49. The van der Waals surface area contributed by atoms with Gasteiger partial charge in [-0.05, 0) is 57.7 Å². The molecule has 0 aromatic heterocycles. The van der Waals surface area contributed by atoms with Gasteiger partial charge in [-0.15, -0.1) is 0 Å². The number of aliphatic carboxylic acids is 1. The Hall–Kier alpha value is -1.51. The Balaban J connectivity index is 2.51. The van der Waals surface area contributed by atoms with Crippen molar-refractivity contribution >= 4 is 5.97 Å². The Morgan fingerprint density at radius 1 is 1.28 bits per heavy atom. The molecule has 0 heterocycles. The van der Waals surface area contributed by atoms with Crippen molar-refractivity contribution in [2.75, 3.05) is 0 Å². The number of ether oxygens (including phenoxy) is 1. The molecule has 18 heavy (non-hydrogen) atoms. The normalized spacial score (nSPS) is 16.7. The van der Waals surface area contributed by atoms with Crippen molar-refractivity contribution < 1.29 is 14.6 Å². The van der Waals surface area contributed by atoms with Crippen molar-refractivity contribution in [1.82, 2.24) is 0 Å². The van der Waals surface area contributed by atoms with E-state index in [9.17, 15) is 9.90 Å². The van der Waals surface area contributed by atoms with Crippen LogP contribution in [0.5, 0.6) is 5.75 Å². The van der Waals surface area contributed by atoms with Gasteiger partial charge >= 0.3 is 5.97 Å². The average molecular weight is 248 g/mol. The van der Waals surface area contributed by atoms with Crippen molar-refractivity contribution in [2.24, 2.45) is 0 Å². The number of rotatable bonds is 4. The molecular weight excluding hydrogens is 228 g/mol. The van der Waals surface area contributed by atoms with E-state index in [1.54, 1.807) is 0 Å². The van der Waals surface area contributed by atoms with Gasteiger partial charge < -0.3 is 9.84 Å². The lowest BCUT2D eigenvalue weighted by Crippen LogP contribution is -2.22. The highest BCUT2D eigenvalue weighted by Crippen LogP contribution is 2.52. The van der Waals surface area contributed by atoms with E-state index in [0.717, 1.165) is 22.4 Å². The minimum absolute atomic E-state index is 0.0513. The van der Waals surface area contributed by atoms with Crippen LogP contribution in [0, 0.1) is 13.8 Å². The van der Waals surface area contributed by atoms with Crippen molar-refractivity contribution in [3.63, 3.8) is 0 Å². The molecule has 98 valence electrons. The third kappa shape index (κ3) is 2.09. The van der Waals surface area contributed by atoms with Crippen LogP contribution >= 0.6 is 0 Å². The van der Waals surface area contributed by atoms with Gasteiger partial charge in [0.15, 0.2) is 0 Å². The SMILES string of the molecule is Cc1cc(OC(C)C)c(C2(C(=O)O)CC2)cc1C. The molecule has 0 unspecified atom stereocenters. The van der Waals surface area contributed by atoms with Crippen LogP contribution in [0.15, 0.2) is 12.1 Å². The van der Waals surface area contributed by atoms with E-state index in [1.807, 2.05) is 39.8 Å². The number of carboxylic acid groups (broad SMARTS) is 1. The molecule has 0 bridgehead atoms. The van der Waals surface area contributed by atoms with Crippen molar-refractivity contribution in [2.45, 2.75) is 52.1 Å². The molecule has 1 aliphatic carbocycles. The third-order valence-electron chi connectivity index (χ3n) is 3.63. The first-order chi connectivity index (χ1) is 8.36. The average Bonchev–Trinajstić information content (AvgIpc) is 3.03. The van der Waals surface area contributed by atoms with Gasteiger partial charge in [0.25, 0.3) is 0 Å². The maximum absolute atomic E-state index is 11.5. The number of hydrogen-bond donors (Lipinski definition) is 1. The summed E-state index contributed by atoms with van der Waals surface area (Å²) in [6.07, 6.45) is 1.47. The summed E-state index contributed by atoms with van der Waals surface area (Å²) in [6, 6.07) is 3.95. The summed E-state index contributed by atoms with van der Waals surface area (Å²) in [6.45, 7) is 7.95. The predicted octanol–water partition coefficient (Wildman–Crippen LogP) is 3.21. The van der Waals surface area contributed by atoms with Crippen LogP contribution in [0.4, 0.5) is 0 Å². The Kier molecular flexibility index (Phi) is 3.09. The molecule has 0 amide bonds. The molecule has 2 rings (SSSR count). The third-order valence-corrected chi connectivity index (χ3v) is 3.63. The molecule has 1 N–H and O–H groups in total. The van der Waals surface area contributed by atoms with Gasteiger partial charge in [0.2, 0.25) is 0 Å². The van der Waals surface area contributed by atoms with Gasteiger partial charge in [0.05, 0.1) is 11.5 Å². The fraction of sp³-hybridized carbons (Fsp3) is 0.533. The topological polar surface area (TPSA) is 46.5 Å². The zero-order valence-corrected chi connectivity index (χ0v) is 11.4. The smallest absolute Gasteiger partial charge is 0.314 e. The molecule has 1 fully saturated rings. The summed E-state index contributed by atoms with van der Waals surface area (Å²) in [5.41, 5.74) is 2.39. The van der Waals surface area contributed by atoms with E-state index in [0.29, 0.717) is 12.8 Å². The van der Waals surface area contributed by atoms with E-state index in [-0.39, 0.29) is 6.10 Å². The maximum Gasteiger partial charge on any atom is 0.314 e. The highest BCUT2D eigenvalue weighted by Gasteiger charge is 2.53. The first kappa shape index (κ1) is 12.9. The van der Waals surface area contributed by atoms with Gasteiger partial charge in [-0.25, -0.2) is 0 Å². The van der Waals surface area contributed by atoms with E-state index < -0.39 is 11.4 Å². The monoisotopic (exact) mass is 248 g/mol. The zero-order valence-electron chi connectivity index (χ0n) is 11.4. The minimum atomic E-state index is -0.737. The largest absolute Gasteiger partial charge is 0.491 e. The van der Waals surface area contributed by atoms with Crippen LogP contribution in [0.2, 0.25) is 0 Å². The molecule has 1 aliphatic rings. The number of benzene rings is 1. The Bertz CT molecular complexity index is 485. The Labute approximate surface area is 108 Å². The fourth-order valence-corrected chi connectivity index (χ4v) is 2.24. The summed E-state index contributed by atoms with van der Waals surface area (Å²) in [7, 11) is 0. The van der Waals surface area contributed by atoms with Crippen LogP contribution in [-0.2, 0) is 10.2 Å². The summed E-state index contributed by atoms with van der Waals surface area (Å²) >= 11 is 0. The van der Waals surface area contributed by atoms with Crippen LogP contribution in [0.25, 0.3) is 0 Å². The first-order valence-electron chi connectivity index (χ1n) is 6.38. The van der Waals surface area contributed by atoms with Crippen LogP contribution in [-0.4, -0.2) is 17.2 Å². The van der Waals surface area contributed by atoms with Crippen molar-refractivity contribution in [1.29, 1.82) is 0 Å². The molecule has 3 heteroatoms. The quantitative estimate of drug-likeness (QED) is 0.890. The highest BCUT2D eigenvalue weighted by atomic mass is 16.5. The molecule has 1 aromatic carbocycles. The lowest BCUT2D eigenvalue weighted by Gasteiger charge is -2.20. The fourth-order valence-electron chi connectivity index (χ4n) is 2.24. The summed E-state index contributed by atoms with van der Waals surface area (Å²) in [5, 5.41) is 9.42. The minimum Gasteiger partial charge on any atom is -0.491 e. The van der Waals surface area contributed by atoms with E-state index in [1.165, 1.54) is 0 Å². The lowest BCUT2D eigenvalue weighted by molar-refractivity contribution is -0.140. The van der Waals surface area contributed by atoms with Gasteiger partial charge in [-0.1, -0.05) is 6.07 Å². The molecule has 0 saturated heterocycles. The Morgan fingerprint density at radius 2 is 1.83 bits per heavy atom. The van der Waals surface area contributed by atoms with Crippen LogP contribution in [0.1, 0.15) is 43.4 Å².